The molecule has 1 aromatic heterocycles. The van der Waals surface area contributed by atoms with Gasteiger partial charge in [0, 0.05) is 59.6 Å². The molecular weight excluding hydrogens is 308 g/mol. The molecule has 6 nitrogen and oxygen atoms in total. The number of amides is 2. The van der Waals surface area contributed by atoms with Crippen molar-refractivity contribution in [1.82, 2.24) is 15.6 Å². The summed E-state index contributed by atoms with van der Waals surface area (Å²) in [5, 5.41) is 8.86. The number of hydrogen-bond acceptors (Lipinski definition) is 5. The van der Waals surface area contributed by atoms with Crippen molar-refractivity contribution in [2.24, 2.45) is 0 Å². The highest BCUT2D eigenvalue weighted by molar-refractivity contribution is 7.84. The molecule has 0 aliphatic carbocycles. The molecule has 1 aliphatic heterocycles. The van der Waals surface area contributed by atoms with Gasteiger partial charge in [-0.05, 0) is 19.8 Å². The van der Waals surface area contributed by atoms with E-state index in [1.54, 1.807) is 17.6 Å². The molecule has 2 rings (SSSR count). The summed E-state index contributed by atoms with van der Waals surface area (Å²) >= 11 is 1.64. The number of nitrogens with one attached hydrogen (secondary N) is 2. The van der Waals surface area contributed by atoms with Gasteiger partial charge < -0.3 is 15.5 Å². The molecule has 118 valence electrons. The van der Waals surface area contributed by atoms with E-state index in [0.717, 1.165) is 31.1 Å². The van der Waals surface area contributed by atoms with Crippen molar-refractivity contribution in [3.8, 4) is 0 Å². The quantitative estimate of drug-likeness (QED) is 0.850. The van der Waals surface area contributed by atoms with Crippen LogP contribution in [0.2, 0.25) is 0 Å². The van der Waals surface area contributed by atoms with Gasteiger partial charge in [-0.25, -0.2) is 9.78 Å². The van der Waals surface area contributed by atoms with Crippen LogP contribution >= 0.6 is 11.3 Å². The maximum Gasteiger partial charge on any atom is 0.315 e. The molecule has 21 heavy (non-hydrogen) atoms. The fourth-order valence-corrected chi connectivity index (χ4v) is 3.92. The first-order valence-corrected chi connectivity index (χ1v) is 9.67. The summed E-state index contributed by atoms with van der Waals surface area (Å²) < 4.78 is 11.1. The number of anilines is 1. The Balaban J connectivity index is 1.70. The Bertz CT molecular complexity index is 473. The monoisotopic (exact) mass is 330 g/mol. The van der Waals surface area contributed by atoms with Crippen molar-refractivity contribution in [3.05, 3.63) is 11.6 Å². The highest BCUT2D eigenvalue weighted by Crippen LogP contribution is 2.21. The normalized spacial score (nSPS) is 19.0. The molecule has 0 saturated carbocycles. The van der Waals surface area contributed by atoms with E-state index < -0.39 is 10.8 Å². The second-order valence-corrected chi connectivity index (χ2v) is 7.69. The van der Waals surface area contributed by atoms with Crippen LogP contribution in [0, 0.1) is 0 Å². The first-order valence-electron chi connectivity index (χ1n) is 7.06. The lowest BCUT2D eigenvalue weighted by Gasteiger charge is -2.32. The molecule has 1 fully saturated rings. The SMILES string of the molecule is CC(CS(C)=O)NC(=O)NC1CCN(c2nccs2)CC1. The number of rotatable bonds is 5. The Kier molecular flexibility index (Phi) is 5.98. The minimum atomic E-state index is -0.896. The van der Waals surface area contributed by atoms with Crippen molar-refractivity contribution in [1.29, 1.82) is 0 Å². The van der Waals surface area contributed by atoms with Gasteiger partial charge in [-0.1, -0.05) is 0 Å². The summed E-state index contributed by atoms with van der Waals surface area (Å²) in [5.74, 6) is 0.482. The number of aromatic nitrogens is 1. The van der Waals surface area contributed by atoms with Gasteiger partial charge in [-0.2, -0.15) is 0 Å². The average molecular weight is 330 g/mol. The number of carbonyl (C=O) groups excluding carboxylic acids is 1. The lowest BCUT2D eigenvalue weighted by molar-refractivity contribution is 0.232. The zero-order chi connectivity index (χ0) is 15.2. The fraction of sp³-hybridized carbons (Fsp3) is 0.692. The van der Waals surface area contributed by atoms with Gasteiger partial charge in [0.25, 0.3) is 0 Å². The van der Waals surface area contributed by atoms with E-state index in [-0.39, 0.29) is 18.1 Å². The summed E-state index contributed by atoms with van der Waals surface area (Å²) in [7, 11) is -0.896. The van der Waals surface area contributed by atoms with Gasteiger partial charge in [0.2, 0.25) is 0 Å². The first-order chi connectivity index (χ1) is 10.0. The number of thiazole rings is 1. The summed E-state index contributed by atoms with van der Waals surface area (Å²) in [4.78, 5) is 18.4. The number of piperidine rings is 1. The summed E-state index contributed by atoms with van der Waals surface area (Å²) in [6.07, 6.45) is 5.30. The second-order valence-electron chi connectivity index (χ2n) is 5.33. The van der Waals surface area contributed by atoms with Gasteiger partial charge in [-0.15, -0.1) is 11.3 Å². The molecule has 2 N–H and O–H groups in total. The predicted molar refractivity (Wildman–Crippen MR) is 87.4 cm³/mol. The highest BCUT2D eigenvalue weighted by Gasteiger charge is 2.22. The maximum atomic E-state index is 11.9. The van der Waals surface area contributed by atoms with Crippen LogP contribution in [0.25, 0.3) is 0 Å². The lowest BCUT2D eigenvalue weighted by Crippen LogP contribution is -2.50. The Hall–Kier alpha value is -1.15. The molecule has 2 amide bonds. The van der Waals surface area contributed by atoms with Gasteiger partial charge >= 0.3 is 6.03 Å². The molecule has 2 heterocycles. The Morgan fingerprint density at radius 2 is 2.29 bits per heavy atom. The number of hydrogen-bond donors (Lipinski definition) is 2. The molecule has 1 aromatic rings. The maximum absolute atomic E-state index is 11.9. The third kappa shape index (κ3) is 5.28. The first kappa shape index (κ1) is 16.2. The Morgan fingerprint density at radius 1 is 1.57 bits per heavy atom. The second kappa shape index (κ2) is 7.74. The number of carbonyl (C=O) groups is 1. The number of nitrogens with zero attached hydrogens (tertiary/aromatic N) is 2. The average Bonchev–Trinajstić information content (AvgIpc) is 2.92. The standard InChI is InChI=1S/C13H22N4O2S2/c1-10(9-21(2)19)15-12(18)16-11-3-6-17(7-4-11)13-14-5-8-20-13/h5,8,10-11H,3-4,6-7,9H2,1-2H3,(H2,15,16,18). The van der Waals surface area contributed by atoms with Gasteiger partial charge in [-0.3, -0.25) is 4.21 Å². The summed E-state index contributed by atoms with van der Waals surface area (Å²) in [6.45, 7) is 3.69. The van der Waals surface area contributed by atoms with E-state index in [0.29, 0.717) is 5.75 Å². The van der Waals surface area contributed by atoms with E-state index in [9.17, 15) is 9.00 Å². The lowest BCUT2D eigenvalue weighted by atomic mass is 10.1. The van der Waals surface area contributed by atoms with E-state index in [1.165, 1.54) is 0 Å². The zero-order valence-corrected chi connectivity index (χ0v) is 14.0. The molecule has 1 aliphatic rings. The van der Waals surface area contributed by atoms with Crippen molar-refractivity contribution in [3.63, 3.8) is 0 Å². The minimum Gasteiger partial charge on any atom is -0.348 e. The van der Waals surface area contributed by atoms with Gasteiger partial charge in [0.15, 0.2) is 5.13 Å². The summed E-state index contributed by atoms with van der Waals surface area (Å²) in [5.41, 5.74) is 0. The molecule has 0 radical (unpaired) electrons. The Morgan fingerprint density at radius 3 is 2.86 bits per heavy atom. The van der Waals surface area contributed by atoms with Crippen molar-refractivity contribution in [2.75, 3.05) is 30.0 Å². The van der Waals surface area contributed by atoms with Crippen LogP contribution in [0.5, 0.6) is 0 Å². The van der Waals surface area contributed by atoms with Crippen LogP contribution in [0.1, 0.15) is 19.8 Å². The van der Waals surface area contributed by atoms with Crippen LogP contribution in [0.15, 0.2) is 11.6 Å². The molecule has 0 aromatic carbocycles. The van der Waals surface area contributed by atoms with Crippen molar-refractivity contribution in [2.45, 2.75) is 31.8 Å². The van der Waals surface area contributed by atoms with Crippen LogP contribution in [-0.2, 0) is 10.8 Å². The van der Waals surface area contributed by atoms with Gasteiger partial charge in [0.05, 0.1) is 0 Å². The van der Waals surface area contributed by atoms with Crippen LogP contribution in [-0.4, -0.2) is 52.4 Å². The largest absolute Gasteiger partial charge is 0.348 e. The third-order valence-electron chi connectivity index (χ3n) is 3.38. The molecular formula is C13H22N4O2S2. The minimum absolute atomic E-state index is 0.0776. The summed E-state index contributed by atoms with van der Waals surface area (Å²) in [6, 6.07) is -0.0487. The Labute approximate surface area is 131 Å². The molecule has 8 heteroatoms. The fourth-order valence-electron chi connectivity index (χ4n) is 2.43. The topological polar surface area (TPSA) is 74.3 Å². The number of urea groups is 1. The molecule has 0 bridgehead atoms. The van der Waals surface area contributed by atoms with Crippen LogP contribution in [0.3, 0.4) is 0 Å². The smallest absolute Gasteiger partial charge is 0.315 e. The van der Waals surface area contributed by atoms with E-state index in [4.69, 9.17) is 0 Å². The molecule has 2 unspecified atom stereocenters. The molecule has 1 saturated heterocycles. The van der Waals surface area contributed by atoms with Crippen molar-refractivity contribution >= 4 is 33.3 Å². The van der Waals surface area contributed by atoms with Gasteiger partial charge in [0.1, 0.15) is 0 Å². The zero-order valence-electron chi connectivity index (χ0n) is 12.4. The molecule has 2 atom stereocenters. The van der Waals surface area contributed by atoms with Crippen LogP contribution < -0.4 is 15.5 Å². The van der Waals surface area contributed by atoms with E-state index in [1.807, 2.05) is 18.5 Å². The van der Waals surface area contributed by atoms with E-state index >= 15 is 0 Å². The van der Waals surface area contributed by atoms with Crippen LogP contribution in [0.4, 0.5) is 9.93 Å². The van der Waals surface area contributed by atoms with E-state index in [2.05, 4.69) is 20.5 Å². The van der Waals surface area contributed by atoms with Crippen molar-refractivity contribution < 1.29 is 9.00 Å². The predicted octanol–water partition coefficient (Wildman–Crippen LogP) is 1.18. The molecule has 0 spiro atoms. The third-order valence-corrected chi connectivity index (χ3v) is 5.18. The highest BCUT2D eigenvalue weighted by atomic mass is 32.2.